The Morgan fingerprint density at radius 3 is 2.47 bits per heavy atom. The number of aromatic hydroxyl groups is 1. The van der Waals surface area contributed by atoms with Crippen molar-refractivity contribution in [1.29, 1.82) is 0 Å². The lowest BCUT2D eigenvalue weighted by Crippen LogP contribution is -2.28. The number of amides is 2. The molecule has 19 heavy (non-hydrogen) atoms. The van der Waals surface area contributed by atoms with Crippen LogP contribution in [-0.2, 0) is 6.54 Å². The van der Waals surface area contributed by atoms with Gasteiger partial charge in [0.15, 0.2) is 0 Å². The fourth-order valence-electron chi connectivity index (χ4n) is 1.70. The topological polar surface area (TPSA) is 61.4 Å². The van der Waals surface area contributed by atoms with E-state index >= 15 is 0 Å². The van der Waals surface area contributed by atoms with Gasteiger partial charge in [-0.05, 0) is 42.3 Å². The minimum absolute atomic E-state index is 0.172. The van der Waals surface area contributed by atoms with Crippen LogP contribution in [0.25, 0.3) is 0 Å². The summed E-state index contributed by atoms with van der Waals surface area (Å²) in [5.41, 5.74) is 2.87. The van der Waals surface area contributed by atoms with Gasteiger partial charge < -0.3 is 15.7 Å². The summed E-state index contributed by atoms with van der Waals surface area (Å²) in [6.45, 7) is 2.49. The van der Waals surface area contributed by atoms with Gasteiger partial charge in [0.1, 0.15) is 5.75 Å². The molecule has 0 aromatic heterocycles. The maximum absolute atomic E-state index is 11.7. The average molecular weight is 256 g/mol. The number of benzene rings is 2. The highest BCUT2D eigenvalue weighted by molar-refractivity contribution is 5.89. The zero-order valence-corrected chi connectivity index (χ0v) is 10.7. The highest BCUT2D eigenvalue weighted by atomic mass is 16.3. The molecule has 0 radical (unpaired) electrons. The molecule has 0 fully saturated rings. The van der Waals surface area contributed by atoms with E-state index in [0.717, 1.165) is 11.1 Å². The van der Waals surface area contributed by atoms with E-state index < -0.39 is 0 Å². The molecule has 0 aliphatic carbocycles. The van der Waals surface area contributed by atoms with Crippen molar-refractivity contribution >= 4 is 11.7 Å². The Balaban J connectivity index is 1.88. The van der Waals surface area contributed by atoms with Crippen molar-refractivity contribution in [1.82, 2.24) is 5.32 Å². The molecule has 0 atom stereocenters. The number of carbonyl (C=O) groups is 1. The van der Waals surface area contributed by atoms with E-state index in [-0.39, 0.29) is 11.8 Å². The van der Waals surface area contributed by atoms with Crippen LogP contribution < -0.4 is 10.6 Å². The highest BCUT2D eigenvalue weighted by Gasteiger charge is 2.02. The van der Waals surface area contributed by atoms with Crippen molar-refractivity contribution < 1.29 is 9.90 Å². The molecular formula is C15H16N2O2. The molecule has 0 bridgehead atoms. The summed E-state index contributed by atoms with van der Waals surface area (Å²) in [5, 5.41) is 14.6. The summed E-state index contributed by atoms with van der Waals surface area (Å²) in [7, 11) is 0. The van der Waals surface area contributed by atoms with Gasteiger partial charge >= 0.3 is 6.03 Å². The largest absolute Gasteiger partial charge is 0.508 e. The first-order valence-electron chi connectivity index (χ1n) is 6.03. The molecule has 0 heterocycles. The normalized spacial score (nSPS) is 9.95. The molecule has 0 aliphatic rings. The molecule has 0 spiro atoms. The summed E-state index contributed by atoms with van der Waals surface area (Å²) in [6, 6.07) is 14.0. The van der Waals surface area contributed by atoms with E-state index in [4.69, 9.17) is 5.11 Å². The van der Waals surface area contributed by atoms with Crippen molar-refractivity contribution in [3.05, 3.63) is 59.7 Å². The van der Waals surface area contributed by atoms with E-state index in [1.165, 1.54) is 12.1 Å². The van der Waals surface area contributed by atoms with E-state index in [0.29, 0.717) is 12.2 Å². The van der Waals surface area contributed by atoms with Gasteiger partial charge in [-0.25, -0.2) is 4.79 Å². The maximum atomic E-state index is 11.7. The number of urea groups is 1. The molecule has 0 saturated heterocycles. The first kappa shape index (κ1) is 13.0. The Labute approximate surface area is 112 Å². The molecule has 2 aromatic carbocycles. The Bertz CT molecular complexity index is 565. The average Bonchev–Trinajstić information content (AvgIpc) is 2.40. The fourth-order valence-corrected chi connectivity index (χ4v) is 1.70. The second-order valence-corrected chi connectivity index (χ2v) is 4.28. The number of phenols is 1. The van der Waals surface area contributed by atoms with E-state index in [1.54, 1.807) is 12.1 Å². The lowest BCUT2D eigenvalue weighted by atomic mass is 10.1. The van der Waals surface area contributed by atoms with Gasteiger partial charge in [-0.3, -0.25) is 0 Å². The van der Waals surface area contributed by atoms with Gasteiger partial charge in [0.25, 0.3) is 0 Å². The van der Waals surface area contributed by atoms with Crippen LogP contribution >= 0.6 is 0 Å². The number of carbonyl (C=O) groups excluding carboxylic acids is 1. The molecule has 0 unspecified atom stereocenters. The molecule has 2 rings (SSSR count). The summed E-state index contributed by atoms with van der Waals surface area (Å²) >= 11 is 0. The summed E-state index contributed by atoms with van der Waals surface area (Å²) < 4.78 is 0. The summed E-state index contributed by atoms with van der Waals surface area (Å²) in [5.74, 6) is 0.172. The zero-order chi connectivity index (χ0) is 13.7. The van der Waals surface area contributed by atoms with E-state index in [9.17, 15) is 4.79 Å². The van der Waals surface area contributed by atoms with Crippen molar-refractivity contribution in [2.75, 3.05) is 5.32 Å². The van der Waals surface area contributed by atoms with Crippen molar-refractivity contribution in [2.24, 2.45) is 0 Å². The van der Waals surface area contributed by atoms with Gasteiger partial charge in [0, 0.05) is 12.2 Å². The second-order valence-electron chi connectivity index (χ2n) is 4.28. The van der Waals surface area contributed by atoms with Crippen molar-refractivity contribution in [3.63, 3.8) is 0 Å². The van der Waals surface area contributed by atoms with Crippen LogP contribution in [0.4, 0.5) is 10.5 Å². The molecule has 0 saturated carbocycles. The van der Waals surface area contributed by atoms with Crippen LogP contribution in [0.5, 0.6) is 5.75 Å². The number of anilines is 1. The number of rotatable bonds is 3. The number of nitrogens with one attached hydrogen (secondary N) is 2. The summed E-state index contributed by atoms with van der Waals surface area (Å²) in [6.07, 6.45) is 0. The number of phenolic OH excluding ortho intramolecular Hbond substituents is 1. The Morgan fingerprint density at radius 2 is 1.79 bits per heavy atom. The third-order valence-electron chi connectivity index (χ3n) is 2.83. The standard InChI is InChI=1S/C15H16N2O2/c1-11-4-2-3-5-12(11)10-16-15(19)17-13-6-8-14(18)9-7-13/h2-9,18H,10H2,1H3,(H2,16,17,19). The van der Waals surface area contributed by atoms with Crippen LogP contribution in [0, 0.1) is 6.92 Å². The van der Waals surface area contributed by atoms with Gasteiger partial charge in [0.2, 0.25) is 0 Å². The third kappa shape index (κ3) is 3.74. The molecule has 3 N–H and O–H groups in total. The predicted molar refractivity (Wildman–Crippen MR) is 75.1 cm³/mol. The molecule has 2 aromatic rings. The molecule has 4 nitrogen and oxygen atoms in total. The molecule has 2 amide bonds. The highest BCUT2D eigenvalue weighted by Crippen LogP contribution is 2.13. The third-order valence-corrected chi connectivity index (χ3v) is 2.83. The SMILES string of the molecule is Cc1ccccc1CNC(=O)Nc1ccc(O)cc1. The lowest BCUT2D eigenvalue weighted by Gasteiger charge is -2.09. The Morgan fingerprint density at radius 1 is 1.11 bits per heavy atom. The van der Waals surface area contributed by atoms with Crippen LogP contribution in [0.15, 0.2) is 48.5 Å². The lowest BCUT2D eigenvalue weighted by molar-refractivity contribution is 0.251. The monoisotopic (exact) mass is 256 g/mol. The van der Waals surface area contributed by atoms with Gasteiger partial charge in [-0.1, -0.05) is 24.3 Å². The summed E-state index contributed by atoms with van der Waals surface area (Å²) in [4.78, 5) is 11.7. The fraction of sp³-hybridized carbons (Fsp3) is 0.133. The van der Waals surface area contributed by atoms with Crippen molar-refractivity contribution in [3.8, 4) is 5.75 Å². The van der Waals surface area contributed by atoms with Crippen LogP contribution in [-0.4, -0.2) is 11.1 Å². The van der Waals surface area contributed by atoms with Gasteiger partial charge in [0.05, 0.1) is 0 Å². The first-order valence-corrected chi connectivity index (χ1v) is 6.03. The molecular weight excluding hydrogens is 240 g/mol. The number of hydrogen-bond acceptors (Lipinski definition) is 2. The zero-order valence-electron chi connectivity index (χ0n) is 10.7. The van der Waals surface area contributed by atoms with Crippen LogP contribution in [0.2, 0.25) is 0 Å². The van der Waals surface area contributed by atoms with E-state index in [2.05, 4.69) is 10.6 Å². The molecule has 0 aliphatic heterocycles. The predicted octanol–water partition coefficient (Wildman–Crippen LogP) is 3.02. The van der Waals surface area contributed by atoms with Gasteiger partial charge in [-0.2, -0.15) is 0 Å². The number of aryl methyl sites for hydroxylation is 1. The number of hydrogen-bond donors (Lipinski definition) is 3. The quantitative estimate of drug-likeness (QED) is 0.739. The molecule has 4 heteroatoms. The minimum Gasteiger partial charge on any atom is -0.508 e. The van der Waals surface area contributed by atoms with E-state index in [1.807, 2.05) is 31.2 Å². The minimum atomic E-state index is -0.269. The van der Waals surface area contributed by atoms with Gasteiger partial charge in [-0.15, -0.1) is 0 Å². The Hall–Kier alpha value is -2.49. The maximum Gasteiger partial charge on any atom is 0.319 e. The Kier molecular flexibility index (Phi) is 4.03. The second kappa shape index (κ2) is 5.91. The van der Waals surface area contributed by atoms with Crippen LogP contribution in [0.1, 0.15) is 11.1 Å². The molecule has 98 valence electrons. The first-order chi connectivity index (χ1) is 9.15. The smallest absolute Gasteiger partial charge is 0.319 e. The van der Waals surface area contributed by atoms with Crippen LogP contribution in [0.3, 0.4) is 0 Å². The van der Waals surface area contributed by atoms with Crippen molar-refractivity contribution in [2.45, 2.75) is 13.5 Å².